The van der Waals surface area contributed by atoms with E-state index in [1.165, 1.54) is 0 Å². The first-order valence-corrected chi connectivity index (χ1v) is 14.9. The van der Waals surface area contributed by atoms with Crippen LogP contribution in [0.4, 0.5) is 0 Å². The number of phosphoric ester groups is 1. The number of esters is 1. The summed E-state index contributed by atoms with van der Waals surface area (Å²) in [5.74, 6) is 0.227. The van der Waals surface area contributed by atoms with Crippen molar-refractivity contribution in [2.75, 3.05) is 19.8 Å². The first-order chi connectivity index (χ1) is 19.6. The van der Waals surface area contributed by atoms with Crippen molar-refractivity contribution in [1.82, 2.24) is 0 Å². The number of nitrogens with two attached hydrogens (primary N) is 1. The van der Waals surface area contributed by atoms with Gasteiger partial charge in [0.15, 0.2) is 0 Å². The van der Waals surface area contributed by atoms with Crippen LogP contribution in [0.2, 0.25) is 0 Å². The lowest BCUT2D eigenvalue weighted by molar-refractivity contribution is -0.143. The Hall–Kier alpha value is -3.25. The van der Waals surface area contributed by atoms with Crippen LogP contribution in [-0.2, 0) is 41.0 Å². The number of carboxylic acid groups (broad SMARTS) is 1. The predicted molar refractivity (Wildman–Crippen MR) is 153 cm³/mol. The van der Waals surface area contributed by atoms with E-state index in [-0.39, 0.29) is 26.1 Å². The molecule has 0 aliphatic carbocycles. The summed E-state index contributed by atoms with van der Waals surface area (Å²) < 4.78 is 39.0. The maximum Gasteiger partial charge on any atom is 0.472 e. The van der Waals surface area contributed by atoms with Gasteiger partial charge in [0.25, 0.3) is 0 Å². The van der Waals surface area contributed by atoms with E-state index >= 15 is 0 Å². The smallest absolute Gasteiger partial charge is 0.472 e. The van der Waals surface area contributed by atoms with E-state index in [0.29, 0.717) is 24.5 Å². The fourth-order valence-electron chi connectivity index (χ4n) is 3.37. The van der Waals surface area contributed by atoms with Crippen LogP contribution < -0.4 is 15.2 Å². The number of aryl methyl sites for hydroxylation is 1. The molecule has 0 saturated heterocycles. The third-order valence-electron chi connectivity index (χ3n) is 5.45. The van der Waals surface area contributed by atoms with E-state index < -0.39 is 32.4 Å². The van der Waals surface area contributed by atoms with Gasteiger partial charge in [0.2, 0.25) is 0 Å². The Labute approximate surface area is 245 Å². The molecule has 0 aliphatic heterocycles. The topological polar surface area (TPSA) is 164 Å². The molecular formula is C28H31BrNO10P. The molecule has 220 valence electrons. The number of rotatable bonds is 17. The summed E-state index contributed by atoms with van der Waals surface area (Å²) in [6, 6.07) is 21.1. The Morgan fingerprint density at radius 1 is 0.951 bits per heavy atom. The van der Waals surface area contributed by atoms with Gasteiger partial charge in [-0.2, -0.15) is 0 Å². The number of aliphatic carboxylic acids is 1. The summed E-state index contributed by atoms with van der Waals surface area (Å²) in [5, 5.41) is 8.66. The lowest BCUT2D eigenvalue weighted by Gasteiger charge is -2.14. The van der Waals surface area contributed by atoms with Crippen molar-refractivity contribution >= 4 is 35.7 Å². The van der Waals surface area contributed by atoms with Crippen molar-refractivity contribution in [3.63, 3.8) is 0 Å². The molecule has 4 N–H and O–H groups in total. The van der Waals surface area contributed by atoms with E-state index in [1.807, 2.05) is 72.8 Å². The van der Waals surface area contributed by atoms with Gasteiger partial charge in [-0.15, -0.1) is 0 Å². The van der Waals surface area contributed by atoms with Gasteiger partial charge in [-0.1, -0.05) is 46.3 Å². The van der Waals surface area contributed by atoms with Gasteiger partial charge in [-0.25, -0.2) is 4.57 Å². The predicted octanol–water partition coefficient (Wildman–Crippen LogP) is 5.23. The highest BCUT2D eigenvalue weighted by atomic mass is 79.9. The van der Waals surface area contributed by atoms with Gasteiger partial charge >= 0.3 is 19.8 Å². The van der Waals surface area contributed by atoms with Crippen molar-refractivity contribution in [2.45, 2.75) is 31.9 Å². The standard InChI is InChI=1S/C28H31BrNO10P/c29-22-10-12-23(13-11-22)40-24-7-3-5-20(17-24)18-37-26-8-2-1-6-21(26)9-14-27(31)36-15-4-16-38-41(34,35)39-19-25(30)28(32)33/h1-3,5-8,10-13,17,25H,4,9,14-16,18-19,30H2,(H,32,33)(H,34,35)/t25-/m0/s1. The second kappa shape index (κ2) is 16.3. The molecule has 1 unspecified atom stereocenters. The number of hydrogen-bond donors (Lipinski definition) is 3. The van der Waals surface area contributed by atoms with Gasteiger partial charge in [0.1, 0.15) is 29.9 Å². The molecule has 13 heteroatoms. The molecule has 3 aromatic rings. The molecule has 0 aromatic heterocycles. The quantitative estimate of drug-likeness (QED) is 0.0994. The van der Waals surface area contributed by atoms with Crippen LogP contribution in [0.15, 0.2) is 77.3 Å². The molecule has 0 aliphatic rings. The highest BCUT2D eigenvalue weighted by molar-refractivity contribution is 9.10. The zero-order chi connectivity index (χ0) is 29.7. The number of ether oxygens (including phenoxy) is 3. The van der Waals surface area contributed by atoms with Crippen LogP contribution in [0.1, 0.15) is 24.0 Å². The van der Waals surface area contributed by atoms with Crippen molar-refractivity contribution in [3.8, 4) is 17.2 Å². The number of carbonyl (C=O) groups excluding carboxylic acids is 1. The lowest BCUT2D eigenvalue weighted by Crippen LogP contribution is -2.34. The summed E-state index contributed by atoms with van der Waals surface area (Å²) in [6.07, 6.45) is 0.628. The van der Waals surface area contributed by atoms with Crippen LogP contribution >= 0.6 is 23.8 Å². The normalized spacial score (nSPS) is 13.1. The number of hydrogen-bond acceptors (Lipinski definition) is 9. The molecule has 0 heterocycles. The van der Waals surface area contributed by atoms with Crippen LogP contribution in [0, 0.1) is 0 Å². The Bertz CT molecular complexity index is 1340. The van der Waals surface area contributed by atoms with E-state index in [9.17, 15) is 19.0 Å². The Kier molecular flexibility index (Phi) is 12.8. The molecule has 41 heavy (non-hydrogen) atoms. The maximum atomic E-state index is 12.2. The lowest BCUT2D eigenvalue weighted by atomic mass is 10.1. The zero-order valence-corrected chi connectivity index (χ0v) is 24.5. The minimum absolute atomic E-state index is 0.0374. The number of carboxylic acids is 1. The second-order valence-corrected chi connectivity index (χ2v) is 11.1. The molecule has 0 radical (unpaired) electrons. The molecule has 3 rings (SSSR count). The molecule has 0 spiro atoms. The molecule has 0 fully saturated rings. The molecular weight excluding hydrogens is 621 g/mol. The van der Waals surface area contributed by atoms with E-state index in [4.69, 9.17) is 29.6 Å². The number of phosphoric acid groups is 1. The van der Waals surface area contributed by atoms with Crippen LogP contribution in [0.25, 0.3) is 0 Å². The first-order valence-electron chi connectivity index (χ1n) is 12.6. The third kappa shape index (κ3) is 12.0. The number of para-hydroxylation sites is 1. The Balaban J connectivity index is 1.39. The minimum atomic E-state index is -4.46. The van der Waals surface area contributed by atoms with Crippen LogP contribution in [0.5, 0.6) is 17.2 Å². The molecule has 0 amide bonds. The average molecular weight is 652 g/mol. The molecule has 3 aromatic carbocycles. The van der Waals surface area contributed by atoms with Crippen molar-refractivity contribution in [1.29, 1.82) is 0 Å². The van der Waals surface area contributed by atoms with Gasteiger partial charge in [0, 0.05) is 17.3 Å². The summed E-state index contributed by atoms with van der Waals surface area (Å²) in [7, 11) is -4.46. The second-order valence-electron chi connectivity index (χ2n) is 8.72. The summed E-state index contributed by atoms with van der Waals surface area (Å²) >= 11 is 3.41. The number of carbonyl (C=O) groups is 2. The molecule has 0 saturated carbocycles. The first kappa shape index (κ1) is 32.3. The zero-order valence-electron chi connectivity index (χ0n) is 22.0. The SMILES string of the molecule is N[C@@H](COP(=O)(O)OCCCOC(=O)CCc1ccccc1OCc1cccc(Oc2ccc(Br)cc2)c1)C(=O)O. The fourth-order valence-corrected chi connectivity index (χ4v) is 4.41. The highest BCUT2D eigenvalue weighted by Gasteiger charge is 2.24. The van der Waals surface area contributed by atoms with Crippen molar-refractivity contribution in [2.24, 2.45) is 5.73 Å². The molecule has 0 bridgehead atoms. The van der Waals surface area contributed by atoms with Crippen LogP contribution in [0.3, 0.4) is 0 Å². The van der Waals surface area contributed by atoms with Gasteiger partial charge < -0.3 is 29.9 Å². The largest absolute Gasteiger partial charge is 0.489 e. The third-order valence-corrected chi connectivity index (χ3v) is 6.97. The van der Waals surface area contributed by atoms with Crippen LogP contribution in [-0.4, -0.2) is 47.8 Å². The molecule has 11 nitrogen and oxygen atoms in total. The van der Waals surface area contributed by atoms with E-state index in [2.05, 4.69) is 20.5 Å². The Morgan fingerprint density at radius 3 is 2.46 bits per heavy atom. The van der Waals surface area contributed by atoms with Crippen molar-refractivity contribution < 1.29 is 47.4 Å². The van der Waals surface area contributed by atoms with E-state index in [0.717, 1.165) is 21.3 Å². The van der Waals surface area contributed by atoms with Gasteiger partial charge in [-0.05, 0) is 60.0 Å². The summed E-state index contributed by atoms with van der Waals surface area (Å²) in [5.41, 5.74) is 6.96. The number of benzene rings is 3. The van der Waals surface area contributed by atoms with E-state index in [1.54, 1.807) is 0 Å². The summed E-state index contributed by atoms with van der Waals surface area (Å²) in [4.78, 5) is 32.3. The average Bonchev–Trinajstić information content (AvgIpc) is 2.95. The van der Waals surface area contributed by atoms with Gasteiger partial charge in [0.05, 0.1) is 19.8 Å². The Morgan fingerprint density at radius 2 is 1.71 bits per heavy atom. The maximum absolute atomic E-state index is 12.2. The van der Waals surface area contributed by atoms with Crippen molar-refractivity contribution in [3.05, 3.63) is 88.4 Å². The monoisotopic (exact) mass is 651 g/mol. The highest BCUT2D eigenvalue weighted by Crippen LogP contribution is 2.43. The van der Waals surface area contributed by atoms with Gasteiger partial charge in [-0.3, -0.25) is 18.6 Å². The molecule has 2 atom stereocenters. The summed E-state index contributed by atoms with van der Waals surface area (Å²) in [6.45, 7) is -0.657. The number of halogens is 1. The minimum Gasteiger partial charge on any atom is -0.489 e. The fraction of sp³-hybridized carbons (Fsp3) is 0.286.